The van der Waals surface area contributed by atoms with Gasteiger partial charge in [0.2, 0.25) is 0 Å². The highest BCUT2D eigenvalue weighted by molar-refractivity contribution is 7.17. The molecule has 4 rings (SSSR count). The van der Waals surface area contributed by atoms with Gasteiger partial charge in [0, 0.05) is 29.3 Å². The van der Waals surface area contributed by atoms with Gasteiger partial charge in [-0.3, -0.25) is 0 Å². The van der Waals surface area contributed by atoms with Gasteiger partial charge < -0.3 is 25.8 Å². The molecule has 3 aromatic carbocycles. The van der Waals surface area contributed by atoms with Crippen LogP contribution in [0.2, 0.25) is 0 Å². The number of benzene rings is 3. The molecule has 0 amide bonds. The van der Waals surface area contributed by atoms with Crippen molar-refractivity contribution in [2.45, 2.75) is 38.3 Å². The molecule has 0 aliphatic carbocycles. The van der Waals surface area contributed by atoms with Crippen molar-refractivity contribution in [3.05, 3.63) is 107 Å². The molecule has 34 heavy (non-hydrogen) atoms. The number of aliphatic hydroxyl groups is 2. The van der Waals surface area contributed by atoms with E-state index in [0.717, 1.165) is 39.6 Å². The summed E-state index contributed by atoms with van der Waals surface area (Å²) in [7, 11) is 0. The molecule has 0 fully saturated rings. The zero-order valence-electron chi connectivity index (χ0n) is 19.5. The van der Waals surface area contributed by atoms with E-state index in [4.69, 9.17) is 5.11 Å². The molecule has 0 spiro atoms. The van der Waals surface area contributed by atoms with Crippen LogP contribution < -0.4 is 10.8 Å². The first kappa shape index (κ1) is 27.2. The van der Waals surface area contributed by atoms with Gasteiger partial charge in [-0.25, -0.2) is 0 Å². The molecule has 5 N–H and O–H groups in total. The van der Waals surface area contributed by atoms with E-state index in [0.29, 0.717) is 6.61 Å². The predicted molar refractivity (Wildman–Crippen MR) is 136 cm³/mol. The molecule has 1 aromatic heterocycles. The first-order valence-corrected chi connectivity index (χ1v) is 12.2. The molecule has 5 nitrogen and oxygen atoms in total. The summed E-state index contributed by atoms with van der Waals surface area (Å²) in [5, 5.41) is 31.6. The van der Waals surface area contributed by atoms with Gasteiger partial charge in [0.1, 0.15) is 12.1 Å². The van der Waals surface area contributed by atoms with Gasteiger partial charge in [0.05, 0.1) is 0 Å². The van der Waals surface area contributed by atoms with Crippen LogP contribution in [0.25, 0.3) is 10.1 Å². The van der Waals surface area contributed by atoms with E-state index in [1.54, 1.807) is 11.3 Å². The maximum Gasteiger partial charge on any atom is 0.140 e. The Morgan fingerprint density at radius 3 is 2.03 bits per heavy atom. The summed E-state index contributed by atoms with van der Waals surface area (Å²) >= 11 is 1.56. The Balaban J connectivity index is 0.000000204. The Hall–Kier alpha value is -3.03. The van der Waals surface area contributed by atoms with Crippen LogP contribution in [-0.4, -0.2) is 22.8 Å². The van der Waals surface area contributed by atoms with Crippen molar-refractivity contribution < 1.29 is 25.8 Å². The van der Waals surface area contributed by atoms with Crippen LogP contribution in [0.5, 0.6) is 0 Å². The van der Waals surface area contributed by atoms with Gasteiger partial charge in [-0.2, -0.15) is 0 Å². The first-order chi connectivity index (χ1) is 16.5. The Morgan fingerprint density at radius 2 is 1.50 bits per heavy atom. The van der Waals surface area contributed by atoms with Crippen molar-refractivity contribution in [1.82, 2.24) is 0 Å². The number of unbranched alkanes of at least 4 members (excludes halogenated alkanes) is 1. The lowest BCUT2D eigenvalue weighted by molar-refractivity contribution is -0.446. The summed E-state index contributed by atoms with van der Waals surface area (Å²) in [6.45, 7) is 2.40. The molecule has 0 unspecified atom stereocenters. The Kier molecular flexibility index (Phi) is 12.0. The third-order valence-corrected chi connectivity index (χ3v) is 6.17. The largest absolute Gasteiger partial charge is 0.550 e. The molecule has 0 aliphatic heterocycles. The second-order valence-corrected chi connectivity index (χ2v) is 8.67. The topological polar surface area (TPSA) is 108 Å². The summed E-state index contributed by atoms with van der Waals surface area (Å²) in [6, 6.07) is 27.2. The fourth-order valence-corrected chi connectivity index (χ4v) is 4.21. The van der Waals surface area contributed by atoms with Crippen molar-refractivity contribution in [3.63, 3.8) is 0 Å². The zero-order chi connectivity index (χ0) is 24.8. The van der Waals surface area contributed by atoms with Crippen molar-refractivity contribution in [2.75, 3.05) is 6.61 Å². The smallest absolute Gasteiger partial charge is 0.140 e. The van der Waals surface area contributed by atoms with E-state index in [9.17, 15) is 15.0 Å². The number of aliphatic hydroxyl groups excluding tert-OH is 2. The average Bonchev–Trinajstić information content (AvgIpc) is 3.28. The number of carbonyl (C=O) groups excluding carboxylic acids is 1. The quantitative estimate of drug-likeness (QED) is 0.376. The van der Waals surface area contributed by atoms with E-state index in [-0.39, 0.29) is 12.5 Å². The van der Waals surface area contributed by atoms with Crippen LogP contribution in [0, 0.1) is 0 Å². The van der Waals surface area contributed by atoms with Crippen LogP contribution in [0.4, 0.5) is 0 Å². The minimum absolute atomic E-state index is 0.00398. The monoisotopic (exact) mass is 479 g/mol. The lowest BCUT2D eigenvalue weighted by Gasteiger charge is -2.16. The summed E-state index contributed by atoms with van der Waals surface area (Å²) in [6.07, 6.45) is 1.49. The number of fused-ring (bicyclic) bond motifs is 1. The zero-order valence-corrected chi connectivity index (χ0v) is 20.3. The number of rotatable bonds is 7. The first-order valence-electron chi connectivity index (χ1n) is 11.3. The average molecular weight is 480 g/mol. The fraction of sp³-hybridized carbons (Fsp3) is 0.250. The molecule has 6 heteroatoms. The van der Waals surface area contributed by atoms with Crippen LogP contribution in [-0.2, 0) is 11.2 Å². The molecule has 180 valence electrons. The number of hydrogen-bond acceptors (Lipinski definition) is 5. The van der Waals surface area contributed by atoms with E-state index in [1.165, 1.54) is 0 Å². The predicted octanol–water partition coefficient (Wildman–Crippen LogP) is 3.68. The Bertz CT molecular complexity index is 1050. The SMILES string of the molecule is CCCCO.O=C([O-])Cc1csc2ccccc12.[NH3+][C@@H](c1ccccc1)[C@H](O)c1ccccc1. The molecule has 0 saturated heterocycles. The van der Waals surface area contributed by atoms with Crippen LogP contribution in [0.1, 0.15) is 48.6 Å². The molecule has 2 atom stereocenters. The highest BCUT2D eigenvalue weighted by atomic mass is 32.1. The number of hydrogen-bond donors (Lipinski definition) is 3. The van der Waals surface area contributed by atoms with E-state index >= 15 is 0 Å². The maximum atomic E-state index is 10.4. The van der Waals surface area contributed by atoms with E-state index < -0.39 is 12.1 Å². The second kappa shape index (κ2) is 15.0. The molecule has 0 radical (unpaired) electrons. The van der Waals surface area contributed by atoms with E-state index in [1.807, 2.05) is 90.3 Å². The van der Waals surface area contributed by atoms with Crippen molar-refractivity contribution in [3.8, 4) is 0 Å². The number of carboxylic acids is 1. The summed E-state index contributed by atoms with van der Waals surface area (Å²) < 4.78 is 1.12. The lowest BCUT2D eigenvalue weighted by atomic mass is 9.97. The van der Waals surface area contributed by atoms with Gasteiger partial charge in [-0.05, 0) is 34.4 Å². The number of quaternary nitrogens is 1. The summed E-state index contributed by atoms with van der Waals surface area (Å²) in [4.78, 5) is 10.4. The maximum absolute atomic E-state index is 10.4. The molecule has 4 aromatic rings. The van der Waals surface area contributed by atoms with Gasteiger partial charge >= 0.3 is 0 Å². The Morgan fingerprint density at radius 1 is 0.941 bits per heavy atom. The van der Waals surface area contributed by atoms with Gasteiger partial charge in [-0.15, -0.1) is 11.3 Å². The minimum atomic E-state index is -1.02. The number of carbonyl (C=O) groups is 1. The third kappa shape index (κ3) is 8.72. The molecule has 0 saturated carbocycles. The molecular weight excluding hydrogens is 446 g/mol. The summed E-state index contributed by atoms with van der Waals surface area (Å²) in [5.74, 6) is -1.02. The van der Waals surface area contributed by atoms with Crippen molar-refractivity contribution in [2.24, 2.45) is 0 Å². The third-order valence-electron chi connectivity index (χ3n) is 5.16. The van der Waals surface area contributed by atoms with E-state index in [2.05, 4.69) is 12.7 Å². The second-order valence-electron chi connectivity index (χ2n) is 7.76. The number of aliphatic carboxylic acids is 1. The molecular formula is C28H33NO4S. The summed E-state index contributed by atoms with van der Waals surface area (Å²) in [5.41, 5.74) is 6.85. The van der Waals surface area contributed by atoms with Crippen LogP contribution >= 0.6 is 11.3 Å². The van der Waals surface area contributed by atoms with Gasteiger partial charge in [-0.1, -0.05) is 92.2 Å². The highest BCUT2D eigenvalue weighted by Gasteiger charge is 2.21. The molecule has 1 heterocycles. The van der Waals surface area contributed by atoms with Gasteiger partial charge in [0.15, 0.2) is 0 Å². The molecule has 0 bridgehead atoms. The van der Waals surface area contributed by atoms with Crippen molar-refractivity contribution >= 4 is 27.4 Å². The van der Waals surface area contributed by atoms with Crippen molar-refractivity contribution in [1.29, 1.82) is 0 Å². The van der Waals surface area contributed by atoms with Gasteiger partial charge in [0.25, 0.3) is 0 Å². The lowest BCUT2D eigenvalue weighted by Crippen LogP contribution is -2.56. The Labute approximate surface area is 205 Å². The van der Waals surface area contributed by atoms with Crippen LogP contribution in [0.3, 0.4) is 0 Å². The normalized spacial score (nSPS) is 12.0. The minimum Gasteiger partial charge on any atom is -0.550 e. The standard InChI is InChI=1S/C14H15NO.C10H8O2S.C4H10O/c15-13(11-7-3-1-4-8-11)14(16)12-9-5-2-6-10-12;11-10(12)5-7-6-13-9-4-2-1-3-8(7)9;1-2-3-4-5/h1-10,13-14,16H,15H2;1-4,6H,5H2,(H,11,12);5H,2-4H2,1H3/t13-,14+;;/m0../s1. The highest BCUT2D eigenvalue weighted by Crippen LogP contribution is 2.26. The number of thiophene rings is 1. The fourth-order valence-electron chi connectivity index (χ4n) is 3.25. The van der Waals surface area contributed by atoms with Crippen LogP contribution in [0.15, 0.2) is 90.3 Å². The number of carboxylic acid groups (broad SMARTS) is 1. The molecule has 0 aliphatic rings.